The molecule has 4 rings (SSSR count). The maximum atomic E-state index is 13.1. The Balaban J connectivity index is 1.35. The van der Waals surface area contributed by atoms with Crippen LogP contribution in [-0.2, 0) is 14.3 Å². The Morgan fingerprint density at radius 1 is 0.690 bits per heavy atom. The number of hydrogen-bond donors (Lipinski definition) is 1. The lowest BCUT2D eigenvalue weighted by atomic mass is 9.79. The van der Waals surface area contributed by atoms with Gasteiger partial charge in [-0.15, -0.1) is 0 Å². The van der Waals surface area contributed by atoms with Crippen LogP contribution in [0.2, 0.25) is 0 Å². The van der Waals surface area contributed by atoms with E-state index in [2.05, 4.69) is 6.92 Å². The van der Waals surface area contributed by atoms with Gasteiger partial charge in [-0.25, -0.2) is 9.59 Å². The average molecular weight is 573 g/mol. The van der Waals surface area contributed by atoms with E-state index in [0.717, 1.165) is 12.8 Å². The van der Waals surface area contributed by atoms with E-state index < -0.39 is 36.0 Å². The van der Waals surface area contributed by atoms with Crippen LogP contribution in [0.5, 0.6) is 5.75 Å². The standard InChI is InChI=1S/C35H40O7/c1-2-3-4-5-6-7-8-14-23-40-27-21-19-26(20-22-27)34(38)41-31-24-30(33(36)37)32(29-18-13-12-17-28(29)31)42-35(39)25-15-10-9-11-16-25/h9-13,15-22,30-32H,2-8,14,23-24H2,1H3,(H,36,37). The molecule has 0 radical (unpaired) electrons. The van der Waals surface area contributed by atoms with Crippen LogP contribution in [0, 0.1) is 5.92 Å². The molecule has 7 nitrogen and oxygen atoms in total. The molecule has 0 aromatic heterocycles. The highest BCUT2D eigenvalue weighted by molar-refractivity contribution is 5.90. The van der Waals surface area contributed by atoms with Crippen LogP contribution in [-0.4, -0.2) is 29.6 Å². The Labute approximate surface area is 247 Å². The summed E-state index contributed by atoms with van der Waals surface area (Å²) in [6, 6.07) is 22.3. The molecule has 1 aliphatic rings. The van der Waals surface area contributed by atoms with Gasteiger partial charge in [0.2, 0.25) is 0 Å². The summed E-state index contributed by atoms with van der Waals surface area (Å²) in [7, 11) is 0. The normalized spacial score (nSPS) is 17.6. The molecule has 0 spiro atoms. The molecule has 3 aromatic rings. The quantitative estimate of drug-likeness (QED) is 0.145. The zero-order chi connectivity index (χ0) is 29.7. The van der Waals surface area contributed by atoms with Crippen molar-refractivity contribution in [3.05, 3.63) is 101 Å². The van der Waals surface area contributed by atoms with Gasteiger partial charge in [0.05, 0.1) is 17.7 Å². The van der Waals surface area contributed by atoms with Crippen LogP contribution in [0.3, 0.4) is 0 Å². The van der Waals surface area contributed by atoms with Crippen molar-refractivity contribution in [2.24, 2.45) is 5.92 Å². The maximum absolute atomic E-state index is 13.1. The van der Waals surface area contributed by atoms with E-state index in [1.165, 1.54) is 38.5 Å². The third-order valence-electron chi connectivity index (χ3n) is 7.65. The Kier molecular flexibility index (Phi) is 11.6. The van der Waals surface area contributed by atoms with Crippen molar-refractivity contribution < 1.29 is 33.7 Å². The van der Waals surface area contributed by atoms with E-state index in [1.54, 1.807) is 78.9 Å². The van der Waals surface area contributed by atoms with Crippen molar-refractivity contribution in [1.29, 1.82) is 0 Å². The van der Waals surface area contributed by atoms with Gasteiger partial charge in [-0.1, -0.05) is 94.3 Å². The molecular formula is C35H40O7. The molecule has 3 atom stereocenters. The second-order valence-electron chi connectivity index (χ2n) is 10.7. The molecule has 1 N–H and O–H groups in total. The molecule has 0 saturated heterocycles. The fourth-order valence-corrected chi connectivity index (χ4v) is 5.32. The van der Waals surface area contributed by atoms with E-state index in [0.29, 0.717) is 34.6 Å². The highest BCUT2D eigenvalue weighted by Gasteiger charge is 2.43. The van der Waals surface area contributed by atoms with Gasteiger partial charge in [0, 0.05) is 12.0 Å². The largest absolute Gasteiger partial charge is 0.494 e. The Hall–Kier alpha value is -4.13. The summed E-state index contributed by atoms with van der Waals surface area (Å²) in [5.74, 6) is -2.70. The summed E-state index contributed by atoms with van der Waals surface area (Å²) in [5.41, 5.74) is 1.82. The van der Waals surface area contributed by atoms with Gasteiger partial charge < -0.3 is 19.3 Å². The monoisotopic (exact) mass is 572 g/mol. The first-order chi connectivity index (χ1) is 20.5. The lowest BCUT2D eigenvalue weighted by Crippen LogP contribution is -2.34. The average Bonchev–Trinajstić information content (AvgIpc) is 3.01. The number of hydrogen-bond acceptors (Lipinski definition) is 6. The van der Waals surface area contributed by atoms with E-state index in [-0.39, 0.29) is 6.42 Å². The molecule has 0 fully saturated rings. The molecule has 0 aliphatic heterocycles. The molecule has 3 unspecified atom stereocenters. The minimum Gasteiger partial charge on any atom is -0.494 e. The first-order valence-corrected chi connectivity index (χ1v) is 15.0. The third kappa shape index (κ3) is 8.44. The molecule has 7 heteroatoms. The highest BCUT2D eigenvalue weighted by atomic mass is 16.6. The molecular weight excluding hydrogens is 532 g/mol. The van der Waals surface area contributed by atoms with Crippen LogP contribution in [0.15, 0.2) is 78.9 Å². The summed E-state index contributed by atoms with van der Waals surface area (Å²) in [6.07, 6.45) is 7.99. The molecule has 0 saturated carbocycles. The number of carboxylic acids is 1. The van der Waals surface area contributed by atoms with Crippen molar-refractivity contribution in [3.8, 4) is 5.75 Å². The molecule has 42 heavy (non-hydrogen) atoms. The fraction of sp³-hybridized carbons (Fsp3) is 0.400. The number of carbonyl (C=O) groups excluding carboxylic acids is 2. The fourth-order valence-electron chi connectivity index (χ4n) is 5.32. The predicted molar refractivity (Wildman–Crippen MR) is 159 cm³/mol. The molecule has 0 bridgehead atoms. The molecule has 0 heterocycles. The van der Waals surface area contributed by atoms with Crippen molar-refractivity contribution >= 4 is 17.9 Å². The van der Waals surface area contributed by atoms with Crippen molar-refractivity contribution in [1.82, 2.24) is 0 Å². The van der Waals surface area contributed by atoms with Gasteiger partial charge in [0.25, 0.3) is 0 Å². The molecule has 3 aromatic carbocycles. The Morgan fingerprint density at radius 3 is 1.93 bits per heavy atom. The van der Waals surface area contributed by atoms with Crippen LogP contribution >= 0.6 is 0 Å². The number of aliphatic carboxylic acids is 1. The number of carboxylic acid groups (broad SMARTS) is 1. The number of rotatable bonds is 15. The van der Waals surface area contributed by atoms with Crippen molar-refractivity contribution in [3.63, 3.8) is 0 Å². The third-order valence-corrected chi connectivity index (χ3v) is 7.65. The van der Waals surface area contributed by atoms with Crippen LogP contribution in [0.4, 0.5) is 0 Å². The lowest BCUT2D eigenvalue weighted by molar-refractivity contribution is -0.149. The first-order valence-electron chi connectivity index (χ1n) is 15.0. The summed E-state index contributed by atoms with van der Waals surface area (Å²) >= 11 is 0. The molecule has 0 amide bonds. The van der Waals surface area contributed by atoms with E-state index >= 15 is 0 Å². The van der Waals surface area contributed by atoms with Crippen LogP contribution in [0.1, 0.15) is 109 Å². The SMILES string of the molecule is CCCCCCCCCCOc1ccc(C(=O)OC2CC(C(=O)O)C(OC(=O)c3ccccc3)c3ccccc32)cc1. The number of carbonyl (C=O) groups is 3. The summed E-state index contributed by atoms with van der Waals surface area (Å²) in [4.78, 5) is 38.2. The van der Waals surface area contributed by atoms with Gasteiger partial charge in [-0.3, -0.25) is 4.79 Å². The number of ether oxygens (including phenoxy) is 3. The number of unbranched alkanes of at least 4 members (excludes halogenated alkanes) is 7. The van der Waals surface area contributed by atoms with Gasteiger partial charge in [-0.2, -0.15) is 0 Å². The number of esters is 2. The summed E-state index contributed by atoms with van der Waals surface area (Å²) in [6.45, 7) is 2.85. The predicted octanol–water partition coefficient (Wildman–Crippen LogP) is 8.11. The van der Waals surface area contributed by atoms with Crippen LogP contribution in [0.25, 0.3) is 0 Å². The van der Waals surface area contributed by atoms with Crippen molar-refractivity contribution in [2.45, 2.75) is 76.9 Å². The minimum absolute atomic E-state index is 0.0232. The summed E-state index contributed by atoms with van der Waals surface area (Å²) in [5, 5.41) is 10.0. The molecule has 222 valence electrons. The minimum atomic E-state index is -1.13. The van der Waals surface area contributed by atoms with E-state index in [4.69, 9.17) is 14.2 Å². The lowest BCUT2D eigenvalue weighted by Gasteiger charge is -2.35. The maximum Gasteiger partial charge on any atom is 0.338 e. The Bertz CT molecular complexity index is 1300. The smallest absolute Gasteiger partial charge is 0.338 e. The van der Waals surface area contributed by atoms with Gasteiger partial charge in [0.15, 0.2) is 0 Å². The molecule has 1 aliphatic carbocycles. The van der Waals surface area contributed by atoms with E-state index in [1.807, 2.05) is 0 Å². The zero-order valence-electron chi connectivity index (χ0n) is 24.2. The number of fused-ring (bicyclic) bond motifs is 1. The van der Waals surface area contributed by atoms with E-state index in [9.17, 15) is 19.5 Å². The zero-order valence-corrected chi connectivity index (χ0v) is 24.2. The second kappa shape index (κ2) is 15.8. The van der Waals surface area contributed by atoms with Gasteiger partial charge >= 0.3 is 17.9 Å². The van der Waals surface area contributed by atoms with Gasteiger partial charge in [-0.05, 0) is 48.4 Å². The highest BCUT2D eigenvalue weighted by Crippen LogP contribution is 2.44. The van der Waals surface area contributed by atoms with Crippen LogP contribution < -0.4 is 4.74 Å². The summed E-state index contributed by atoms with van der Waals surface area (Å²) < 4.78 is 17.4. The van der Waals surface area contributed by atoms with Crippen molar-refractivity contribution in [2.75, 3.05) is 6.61 Å². The Morgan fingerprint density at radius 2 is 1.26 bits per heavy atom. The number of benzene rings is 3. The van der Waals surface area contributed by atoms with Gasteiger partial charge in [0.1, 0.15) is 23.9 Å². The first kappa shape index (κ1) is 30.8. The topological polar surface area (TPSA) is 99.1 Å². The second-order valence-corrected chi connectivity index (χ2v) is 10.7.